The van der Waals surface area contributed by atoms with E-state index in [0.29, 0.717) is 6.61 Å². The molecule has 2 heteroatoms. The summed E-state index contributed by atoms with van der Waals surface area (Å²) in [5.74, 6) is 0. The van der Waals surface area contributed by atoms with Crippen molar-refractivity contribution in [2.24, 2.45) is 0 Å². The quantitative estimate of drug-likeness (QED) is 0.842. The van der Waals surface area contributed by atoms with Crippen LogP contribution in [0.25, 0.3) is 11.1 Å². The van der Waals surface area contributed by atoms with Crippen molar-refractivity contribution < 1.29 is 5.11 Å². The number of benzene rings is 2. The Morgan fingerprint density at radius 1 is 0.762 bits per heavy atom. The summed E-state index contributed by atoms with van der Waals surface area (Å²) in [5.41, 5.74) is 5.60. The first-order valence-corrected chi connectivity index (χ1v) is 7.88. The smallest absolute Gasteiger partial charge is 0.0431 e. The number of rotatable bonds is 5. The van der Waals surface area contributed by atoms with Crippen molar-refractivity contribution in [3.8, 4) is 11.1 Å². The minimum Gasteiger partial charge on any atom is -0.396 e. The average molecular weight is 281 g/mol. The van der Waals surface area contributed by atoms with Gasteiger partial charge in [-0.05, 0) is 48.1 Å². The molecule has 0 saturated heterocycles. The monoisotopic (exact) mass is 281 g/mol. The van der Waals surface area contributed by atoms with Crippen LogP contribution in [0.3, 0.4) is 0 Å². The molecule has 0 aliphatic carbocycles. The van der Waals surface area contributed by atoms with Gasteiger partial charge in [0.25, 0.3) is 0 Å². The van der Waals surface area contributed by atoms with Gasteiger partial charge in [-0.2, -0.15) is 0 Å². The molecule has 1 aliphatic heterocycles. The zero-order chi connectivity index (χ0) is 14.5. The molecule has 0 fully saturated rings. The third kappa shape index (κ3) is 3.34. The zero-order valence-electron chi connectivity index (χ0n) is 12.5. The first-order chi connectivity index (χ1) is 10.4. The van der Waals surface area contributed by atoms with Crippen molar-refractivity contribution in [3.05, 3.63) is 59.7 Å². The van der Waals surface area contributed by atoms with Gasteiger partial charge in [0.1, 0.15) is 0 Å². The molecule has 110 valence electrons. The first kappa shape index (κ1) is 14.3. The fraction of sp³-hybridized carbons (Fsp3) is 0.368. The lowest BCUT2D eigenvalue weighted by molar-refractivity contribution is 0.242. The lowest BCUT2D eigenvalue weighted by Gasteiger charge is -2.20. The molecule has 0 bridgehead atoms. The Bertz CT molecular complexity index is 546. The summed E-state index contributed by atoms with van der Waals surface area (Å²) in [4.78, 5) is 2.53. The highest BCUT2D eigenvalue weighted by atomic mass is 16.2. The summed E-state index contributed by atoms with van der Waals surface area (Å²) >= 11 is 0. The second-order valence-electron chi connectivity index (χ2n) is 5.81. The van der Waals surface area contributed by atoms with Crippen LogP contribution < -0.4 is 0 Å². The highest BCUT2D eigenvalue weighted by Crippen LogP contribution is 2.32. The number of nitrogens with zero attached hydrogens (tertiary/aromatic N) is 1. The average Bonchev–Trinajstić information content (AvgIpc) is 2.68. The largest absolute Gasteiger partial charge is 0.396 e. The van der Waals surface area contributed by atoms with Crippen molar-refractivity contribution in [1.29, 1.82) is 0 Å². The van der Waals surface area contributed by atoms with E-state index in [2.05, 4.69) is 53.4 Å². The summed E-state index contributed by atoms with van der Waals surface area (Å²) < 4.78 is 0. The third-order valence-corrected chi connectivity index (χ3v) is 4.25. The van der Waals surface area contributed by atoms with Crippen molar-refractivity contribution in [1.82, 2.24) is 4.90 Å². The van der Waals surface area contributed by atoms with Gasteiger partial charge in [-0.15, -0.1) is 0 Å². The Hall–Kier alpha value is -1.64. The van der Waals surface area contributed by atoms with Crippen LogP contribution in [0.2, 0.25) is 0 Å². The number of unbranched alkanes of at least 4 members (excludes halogenated alkanes) is 2. The van der Waals surface area contributed by atoms with Crippen molar-refractivity contribution in [2.45, 2.75) is 32.4 Å². The Kier molecular flexibility index (Phi) is 4.69. The predicted octanol–water partition coefficient (Wildman–Crippen LogP) is 3.83. The molecule has 0 saturated carbocycles. The van der Waals surface area contributed by atoms with Crippen LogP contribution >= 0.6 is 0 Å². The predicted molar refractivity (Wildman–Crippen MR) is 86.9 cm³/mol. The molecule has 0 unspecified atom stereocenters. The van der Waals surface area contributed by atoms with Gasteiger partial charge in [-0.25, -0.2) is 0 Å². The Morgan fingerprint density at radius 3 is 1.90 bits per heavy atom. The number of aliphatic hydroxyl groups is 1. The van der Waals surface area contributed by atoms with Crippen molar-refractivity contribution in [3.63, 3.8) is 0 Å². The van der Waals surface area contributed by atoms with E-state index in [0.717, 1.165) is 38.9 Å². The van der Waals surface area contributed by atoms with E-state index in [1.807, 2.05) is 0 Å². The van der Waals surface area contributed by atoms with E-state index < -0.39 is 0 Å². The van der Waals surface area contributed by atoms with E-state index in [4.69, 9.17) is 5.11 Å². The van der Waals surface area contributed by atoms with Gasteiger partial charge >= 0.3 is 0 Å². The van der Waals surface area contributed by atoms with E-state index in [1.165, 1.54) is 22.3 Å². The molecule has 0 amide bonds. The molecule has 0 aromatic heterocycles. The van der Waals surface area contributed by atoms with Crippen LogP contribution in [0.1, 0.15) is 30.4 Å². The first-order valence-electron chi connectivity index (χ1n) is 7.88. The van der Waals surface area contributed by atoms with E-state index in [-0.39, 0.29) is 0 Å². The van der Waals surface area contributed by atoms with Crippen molar-refractivity contribution in [2.75, 3.05) is 13.2 Å². The van der Waals surface area contributed by atoms with Gasteiger partial charge in [-0.3, -0.25) is 4.90 Å². The van der Waals surface area contributed by atoms with Gasteiger partial charge in [0, 0.05) is 19.7 Å². The summed E-state index contributed by atoms with van der Waals surface area (Å²) in [7, 11) is 0. The fourth-order valence-electron chi connectivity index (χ4n) is 3.16. The lowest BCUT2D eigenvalue weighted by Crippen LogP contribution is -2.23. The number of hydrogen-bond donors (Lipinski definition) is 1. The molecule has 2 aromatic rings. The zero-order valence-corrected chi connectivity index (χ0v) is 12.5. The van der Waals surface area contributed by atoms with Gasteiger partial charge in [0.2, 0.25) is 0 Å². The van der Waals surface area contributed by atoms with Crippen LogP contribution in [-0.2, 0) is 13.1 Å². The standard InChI is InChI=1S/C19H23NO/c21-13-7-1-6-12-20-14-16-8-2-4-10-18(16)19-11-5-3-9-17(19)15-20/h2-5,8-11,21H,1,6-7,12-15H2. The second-order valence-corrected chi connectivity index (χ2v) is 5.81. The normalized spacial score (nSPS) is 14.3. The van der Waals surface area contributed by atoms with Crippen LogP contribution in [-0.4, -0.2) is 23.2 Å². The summed E-state index contributed by atoms with van der Waals surface area (Å²) in [6.45, 7) is 3.45. The molecule has 21 heavy (non-hydrogen) atoms. The molecular formula is C19H23NO. The highest BCUT2D eigenvalue weighted by Gasteiger charge is 2.18. The topological polar surface area (TPSA) is 23.5 Å². The molecule has 2 aromatic carbocycles. The van der Waals surface area contributed by atoms with Crippen LogP contribution in [0.5, 0.6) is 0 Å². The Morgan fingerprint density at radius 2 is 1.33 bits per heavy atom. The summed E-state index contributed by atoms with van der Waals surface area (Å²) in [6, 6.07) is 17.5. The second kappa shape index (κ2) is 6.88. The molecular weight excluding hydrogens is 258 g/mol. The minimum atomic E-state index is 0.311. The maximum Gasteiger partial charge on any atom is 0.0431 e. The van der Waals surface area contributed by atoms with Crippen LogP contribution in [0.15, 0.2) is 48.5 Å². The fourth-order valence-corrected chi connectivity index (χ4v) is 3.16. The maximum atomic E-state index is 8.89. The van der Waals surface area contributed by atoms with Crippen LogP contribution in [0, 0.1) is 0 Å². The van der Waals surface area contributed by atoms with Gasteiger partial charge < -0.3 is 5.11 Å². The maximum absolute atomic E-state index is 8.89. The minimum absolute atomic E-state index is 0.311. The molecule has 3 rings (SSSR count). The number of aliphatic hydroxyl groups excluding tert-OH is 1. The molecule has 1 N–H and O–H groups in total. The number of fused-ring (bicyclic) bond motifs is 3. The molecule has 2 nitrogen and oxygen atoms in total. The summed E-state index contributed by atoms with van der Waals surface area (Å²) in [5, 5.41) is 8.89. The van der Waals surface area contributed by atoms with Gasteiger partial charge in [0.05, 0.1) is 0 Å². The molecule has 1 heterocycles. The van der Waals surface area contributed by atoms with Crippen LogP contribution in [0.4, 0.5) is 0 Å². The van der Waals surface area contributed by atoms with Gasteiger partial charge in [0.15, 0.2) is 0 Å². The Balaban J connectivity index is 1.83. The molecule has 0 atom stereocenters. The van der Waals surface area contributed by atoms with E-state index in [9.17, 15) is 0 Å². The number of hydrogen-bond acceptors (Lipinski definition) is 2. The van der Waals surface area contributed by atoms with E-state index >= 15 is 0 Å². The molecule has 0 spiro atoms. The van der Waals surface area contributed by atoms with Crippen molar-refractivity contribution >= 4 is 0 Å². The van der Waals surface area contributed by atoms with Gasteiger partial charge in [-0.1, -0.05) is 48.5 Å². The lowest BCUT2D eigenvalue weighted by atomic mass is 9.97. The third-order valence-electron chi connectivity index (χ3n) is 4.25. The van der Waals surface area contributed by atoms with E-state index in [1.54, 1.807) is 0 Å². The Labute approximate surface area is 127 Å². The molecule has 1 aliphatic rings. The molecule has 0 radical (unpaired) electrons. The SMILES string of the molecule is OCCCCCN1Cc2ccccc2-c2ccccc2C1. The highest BCUT2D eigenvalue weighted by molar-refractivity contribution is 5.71. The summed E-state index contributed by atoms with van der Waals surface area (Å²) in [6.07, 6.45) is 3.18.